The highest BCUT2D eigenvalue weighted by molar-refractivity contribution is 5.49. The Labute approximate surface area is 115 Å². The van der Waals surface area contributed by atoms with E-state index in [4.69, 9.17) is 0 Å². The molecule has 0 aromatic heterocycles. The third-order valence-corrected chi connectivity index (χ3v) is 4.77. The van der Waals surface area contributed by atoms with Crippen molar-refractivity contribution in [2.75, 3.05) is 18.0 Å². The number of hydrogen-bond acceptors (Lipinski definition) is 2. The molecule has 1 aromatic rings. The fraction of sp³-hybridized carbons (Fsp3) is 0.625. The Bertz CT molecular complexity index is 458. The molecular weight excluding hydrogens is 239 g/mol. The largest absolute Gasteiger partial charge is 0.365 e. The van der Waals surface area contributed by atoms with Crippen LogP contribution in [0.1, 0.15) is 33.1 Å². The van der Waals surface area contributed by atoms with Crippen LogP contribution in [0.3, 0.4) is 0 Å². The molecule has 1 aliphatic carbocycles. The van der Waals surface area contributed by atoms with E-state index in [1.807, 2.05) is 12.1 Å². The van der Waals surface area contributed by atoms with Crippen LogP contribution in [0.15, 0.2) is 24.3 Å². The van der Waals surface area contributed by atoms with Gasteiger partial charge in [-0.15, -0.1) is 0 Å². The zero-order valence-corrected chi connectivity index (χ0v) is 11.8. The molecule has 1 aliphatic heterocycles. The normalized spacial score (nSPS) is 31.5. The number of rotatable bonds is 3. The van der Waals surface area contributed by atoms with Crippen LogP contribution < -0.4 is 10.2 Å². The Kier molecular flexibility index (Phi) is 3.25. The average Bonchev–Trinajstić information content (AvgIpc) is 3.23. The molecule has 3 heteroatoms. The van der Waals surface area contributed by atoms with Crippen molar-refractivity contribution in [3.05, 3.63) is 30.1 Å². The minimum absolute atomic E-state index is 0.140. The summed E-state index contributed by atoms with van der Waals surface area (Å²) in [6, 6.07) is 7.50. The van der Waals surface area contributed by atoms with Gasteiger partial charge in [-0.25, -0.2) is 4.39 Å². The lowest BCUT2D eigenvalue weighted by Gasteiger charge is -2.47. The molecule has 2 atom stereocenters. The number of piperazine rings is 1. The second-order valence-electron chi connectivity index (χ2n) is 6.24. The second-order valence-corrected chi connectivity index (χ2v) is 6.24. The number of anilines is 1. The lowest BCUT2D eigenvalue weighted by Crippen LogP contribution is -2.64. The molecule has 104 valence electrons. The van der Waals surface area contributed by atoms with Crippen molar-refractivity contribution >= 4 is 5.69 Å². The van der Waals surface area contributed by atoms with Crippen molar-refractivity contribution in [2.24, 2.45) is 5.92 Å². The number of nitrogens with one attached hydrogen (secondary N) is 1. The molecule has 3 rings (SSSR count). The number of hydrogen-bond donors (Lipinski definition) is 1. The van der Waals surface area contributed by atoms with Crippen LogP contribution in [0.4, 0.5) is 10.1 Å². The molecule has 1 saturated carbocycles. The quantitative estimate of drug-likeness (QED) is 0.900. The van der Waals surface area contributed by atoms with Crippen molar-refractivity contribution < 1.29 is 4.39 Å². The molecule has 1 saturated heterocycles. The van der Waals surface area contributed by atoms with E-state index in [-0.39, 0.29) is 11.4 Å². The van der Waals surface area contributed by atoms with Crippen molar-refractivity contribution in [3.8, 4) is 0 Å². The SMILES string of the molecule is CCC1CNC(C)(C2CC2)CN1c1cccc(F)c1. The van der Waals surface area contributed by atoms with Crippen LogP contribution >= 0.6 is 0 Å². The molecule has 0 amide bonds. The van der Waals surface area contributed by atoms with Gasteiger partial charge in [0.05, 0.1) is 0 Å². The van der Waals surface area contributed by atoms with E-state index < -0.39 is 0 Å². The van der Waals surface area contributed by atoms with E-state index in [9.17, 15) is 4.39 Å². The highest BCUT2D eigenvalue weighted by Crippen LogP contribution is 2.42. The van der Waals surface area contributed by atoms with Crippen LogP contribution in [-0.4, -0.2) is 24.7 Å². The van der Waals surface area contributed by atoms with Crippen molar-refractivity contribution in [1.29, 1.82) is 0 Å². The Morgan fingerprint density at radius 2 is 2.21 bits per heavy atom. The van der Waals surface area contributed by atoms with Crippen LogP contribution in [-0.2, 0) is 0 Å². The molecule has 1 N–H and O–H groups in total. The highest BCUT2D eigenvalue weighted by atomic mass is 19.1. The highest BCUT2D eigenvalue weighted by Gasteiger charge is 2.45. The molecular formula is C16H23FN2. The van der Waals surface area contributed by atoms with Crippen molar-refractivity contribution in [3.63, 3.8) is 0 Å². The van der Waals surface area contributed by atoms with Gasteiger partial charge in [0, 0.05) is 30.4 Å². The van der Waals surface area contributed by atoms with E-state index >= 15 is 0 Å². The maximum Gasteiger partial charge on any atom is 0.125 e. The van der Waals surface area contributed by atoms with E-state index in [1.54, 1.807) is 6.07 Å². The van der Waals surface area contributed by atoms with Gasteiger partial charge < -0.3 is 10.2 Å². The van der Waals surface area contributed by atoms with E-state index in [1.165, 1.54) is 18.9 Å². The second kappa shape index (κ2) is 4.78. The molecule has 0 radical (unpaired) electrons. The molecule has 2 aliphatic rings. The van der Waals surface area contributed by atoms with Gasteiger partial charge in [0.2, 0.25) is 0 Å². The summed E-state index contributed by atoms with van der Waals surface area (Å²) < 4.78 is 13.5. The van der Waals surface area contributed by atoms with Crippen molar-refractivity contribution in [2.45, 2.75) is 44.7 Å². The Morgan fingerprint density at radius 1 is 1.42 bits per heavy atom. The van der Waals surface area contributed by atoms with E-state index in [0.29, 0.717) is 6.04 Å². The molecule has 0 spiro atoms. The summed E-state index contributed by atoms with van der Waals surface area (Å²) in [5.74, 6) is 0.653. The summed E-state index contributed by atoms with van der Waals surface area (Å²) in [5, 5.41) is 3.74. The predicted molar refractivity (Wildman–Crippen MR) is 77.0 cm³/mol. The van der Waals surface area contributed by atoms with Crippen LogP contribution in [0.2, 0.25) is 0 Å². The fourth-order valence-corrected chi connectivity index (χ4v) is 3.32. The van der Waals surface area contributed by atoms with Gasteiger partial charge in [0.25, 0.3) is 0 Å². The van der Waals surface area contributed by atoms with Crippen LogP contribution in [0.25, 0.3) is 0 Å². The van der Waals surface area contributed by atoms with Gasteiger partial charge in [-0.2, -0.15) is 0 Å². The molecule has 2 nitrogen and oxygen atoms in total. The minimum atomic E-state index is -0.140. The minimum Gasteiger partial charge on any atom is -0.365 e. The maximum absolute atomic E-state index is 13.5. The fourth-order valence-electron chi connectivity index (χ4n) is 3.32. The summed E-state index contributed by atoms with van der Waals surface area (Å²) in [5.41, 5.74) is 1.22. The number of nitrogens with zero attached hydrogens (tertiary/aromatic N) is 1. The van der Waals surface area contributed by atoms with Crippen molar-refractivity contribution in [1.82, 2.24) is 5.32 Å². The third-order valence-electron chi connectivity index (χ3n) is 4.77. The maximum atomic E-state index is 13.5. The molecule has 2 unspecified atom stereocenters. The van der Waals surface area contributed by atoms with Gasteiger partial charge in [-0.1, -0.05) is 13.0 Å². The molecule has 0 bridgehead atoms. The molecule has 1 heterocycles. The van der Waals surface area contributed by atoms with E-state index in [0.717, 1.165) is 31.1 Å². The zero-order valence-electron chi connectivity index (χ0n) is 11.8. The summed E-state index contributed by atoms with van der Waals surface area (Å²) in [6.07, 6.45) is 3.75. The van der Waals surface area contributed by atoms with Crippen LogP contribution in [0, 0.1) is 11.7 Å². The average molecular weight is 262 g/mol. The Balaban J connectivity index is 1.86. The standard InChI is InChI=1S/C16H23FN2/c1-3-14-10-18-16(2,12-7-8-12)11-19(14)15-6-4-5-13(17)9-15/h4-6,9,12,14,18H,3,7-8,10-11H2,1-2H3. The van der Waals surface area contributed by atoms with E-state index in [2.05, 4.69) is 24.1 Å². The van der Waals surface area contributed by atoms with Crippen LogP contribution in [0.5, 0.6) is 0 Å². The molecule has 2 fully saturated rings. The van der Waals surface area contributed by atoms with Gasteiger partial charge in [0.15, 0.2) is 0 Å². The van der Waals surface area contributed by atoms with Gasteiger partial charge in [-0.05, 0) is 50.3 Å². The monoisotopic (exact) mass is 262 g/mol. The first-order valence-electron chi connectivity index (χ1n) is 7.39. The summed E-state index contributed by atoms with van der Waals surface area (Å²) in [4.78, 5) is 2.40. The van der Waals surface area contributed by atoms with Gasteiger partial charge in [-0.3, -0.25) is 0 Å². The smallest absolute Gasteiger partial charge is 0.125 e. The first-order chi connectivity index (χ1) is 9.12. The first kappa shape index (κ1) is 12.9. The number of benzene rings is 1. The van der Waals surface area contributed by atoms with Gasteiger partial charge >= 0.3 is 0 Å². The predicted octanol–water partition coefficient (Wildman–Crippen LogP) is 3.18. The lowest BCUT2D eigenvalue weighted by molar-refractivity contribution is 0.252. The summed E-state index contributed by atoms with van der Waals surface area (Å²) in [6.45, 7) is 6.51. The Morgan fingerprint density at radius 3 is 2.84 bits per heavy atom. The van der Waals surface area contributed by atoms with Gasteiger partial charge in [0.1, 0.15) is 5.82 Å². The topological polar surface area (TPSA) is 15.3 Å². The number of halogens is 1. The first-order valence-corrected chi connectivity index (χ1v) is 7.39. The Hall–Kier alpha value is -1.09. The summed E-state index contributed by atoms with van der Waals surface area (Å²) in [7, 11) is 0. The third kappa shape index (κ3) is 2.48. The summed E-state index contributed by atoms with van der Waals surface area (Å²) >= 11 is 0. The molecule has 1 aromatic carbocycles. The zero-order chi connectivity index (χ0) is 13.5. The molecule has 19 heavy (non-hydrogen) atoms. The lowest BCUT2D eigenvalue weighted by atomic mass is 9.90.